The molecule has 2 bridgehead atoms. The Morgan fingerprint density at radius 1 is 1.38 bits per heavy atom. The van der Waals surface area contributed by atoms with Gasteiger partial charge in [-0.2, -0.15) is 5.26 Å². The van der Waals surface area contributed by atoms with E-state index in [-0.39, 0.29) is 0 Å². The van der Waals surface area contributed by atoms with Crippen molar-refractivity contribution < 1.29 is 0 Å². The van der Waals surface area contributed by atoms with Crippen LogP contribution in [0.15, 0.2) is 18.3 Å². The van der Waals surface area contributed by atoms with E-state index >= 15 is 0 Å². The zero-order chi connectivity index (χ0) is 11.0. The van der Waals surface area contributed by atoms with Crippen molar-refractivity contribution in [1.29, 1.82) is 5.26 Å². The number of pyridine rings is 1. The van der Waals surface area contributed by atoms with Crippen molar-refractivity contribution in [3.63, 3.8) is 0 Å². The Morgan fingerprint density at radius 2 is 2.31 bits per heavy atom. The first-order valence-electron chi connectivity index (χ1n) is 5.98. The maximum atomic E-state index is 8.97. The highest BCUT2D eigenvalue weighted by Gasteiger charge is 2.39. The summed E-state index contributed by atoms with van der Waals surface area (Å²) < 4.78 is 0. The van der Waals surface area contributed by atoms with E-state index in [1.807, 2.05) is 12.1 Å². The fourth-order valence-electron chi connectivity index (χ4n) is 3.23. The van der Waals surface area contributed by atoms with E-state index in [2.05, 4.69) is 16.4 Å². The Labute approximate surface area is 95.5 Å². The number of fused-ring (bicyclic) bond motifs is 2. The van der Waals surface area contributed by atoms with Gasteiger partial charge in [-0.15, -0.1) is 0 Å². The van der Waals surface area contributed by atoms with Crippen LogP contribution >= 0.6 is 0 Å². The monoisotopic (exact) mass is 213 g/mol. The molecular weight excluding hydrogens is 198 g/mol. The number of hydrogen-bond donors (Lipinski definition) is 1. The second-order valence-electron chi connectivity index (χ2n) is 4.94. The summed E-state index contributed by atoms with van der Waals surface area (Å²) in [6, 6.07) is 6.55. The predicted molar refractivity (Wildman–Crippen MR) is 61.8 cm³/mol. The topological polar surface area (TPSA) is 48.7 Å². The molecule has 82 valence electrons. The molecule has 2 saturated carbocycles. The molecule has 0 saturated heterocycles. The van der Waals surface area contributed by atoms with Crippen molar-refractivity contribution in [2.75, 3.05) is 5.32 Å². The quantitative estimate of drug-likeness (QED) is 0.821. The molecule has 3 atom stereocenters. The van der Waals surface area contributed by atoms with Gasteiger partial charge in [0.2, 0.25) is 0 Å². The minimum atomic E-state index is 0.519. The molecule has 1 N–H and O–H groups in total. The largest absolute Gasteiger partial charge is 0.380 e. The maximum absolute atomic E-state index is 8.97. The van der Waals surface area contributed by atoms with Gasteiger partial charge < -0.3 is 5.32 Å². The summed E-state index contributed by atoms with van der Waals surface area (Å²) in [4.78, 5) is 4.08. The summed E-state index contributed by atoms with van der Waals surface area (Å²) >= 11 is 0. The summed E-state index contributed by atoms with van der Waals surface area (Å²) in [6.07, 6.45) is 7.07. The van der Waals surface area contributed by atoms with Crippen LogP contribution in [0.5, 0.6) is 0 Å². The van der Waals surface area contributed by atoms with Crippen LogP contribution < -0.4 is 5.32 Å². The summed E-state index contributed by atoms with van der Waals surface area (Å²) in [5.41, 5.74) is 1.42. The molecule has 0 spiro atoms. The maximum Gasteiger partial charge on any atom is 0.163 e. The number of hydrogen-bond acceptors (Lipinski definition) is 3. The number of rotatable bonds is 2. The Hall–Kier alpha value is -1.56. The third-order valence-corrected chi connectivity index (χ3v) is 3.99. The summed E-state index contributed by atoms with van der Waals surface area (Å²) in [5, 5.41) is 12.5. The molecule has 0 amide bonds. The molecule has 1 aromatic rings. The summed E-state index contributed by atoms with van der Waals surface area (Å²) in [6.45, 7) is 0. The van der Waals surface area contributed by atoms with Crippen molar-refractivity contribution >= 4 is 5.69 Å². The van der Waals surface area contributed by atoms with Gasteiger partial charge in [0.25, 0.3) is 0 Å². The highest BCUT2D eigenvalue weighted by atomic mass is 15.0. The average molecular weight is 213 g/mol. The molecule has 2 aliphatic carbocycles. The van der Waals surface area contributed by atoms with Crippen LogP contribution in [-0.4, -0.2) is 11.0 Å². The van der Waals surface area contributed by atoms with Crippen LogP contribution in [0.3, 0.4) is 0 Å². The van der Waals surface area contributed by atoms with Crippen molar-refractivity contribution in [3.05, 3.63) is 24.0 Å². The molecule has 3 rings (SSSR count). The molecule has 2 aliphatic rings. The van der Waals surface area contributed by atoms with E-state index in [0.717, 1.165) is 17.5 Å². The van der Waals surface area contributed by atoms with Gasteiger partial charge in [0.05, 0.1) is 5.69 Å². The van der Waals surface area contributed by atoms with Gasteiger partial charge >= 0.3 is 0 Å². The first-order chi connectivity index (χ1) is 7.86. The third kappa shape index (κ3) is 1.55. The molecule has 0 radical (unpaired) electrons. The zero-order valence-electron chi connectivity index (χ0n) is 9.19. The van der Waals surface area contributed by atoms with Crippen molar-refractivity contribution in [1.82, 2.24) is 4.98 Å². The fraction of sp³-hybridized carbons (Fsp3) is 0.538. The molecule has 16 heavy (non-hydrogen) atoms. The van der Waals surface area contributed by atoms with Crippen molar-refractivity contribution in [2.45, 2.75) is 31.7 Å². The van der Waals surface area contributed by atoms with Crippen LogP contribution in [0.4, 0.5) is 5.69 Å². The SMILES string of the molecule is N#Cc1ncccc1NC1CC2CCC1C2. The first kappa shape index (κ1) is 9.65. The molecule has 1 heterocycles. The van der Waals surface area contributed by atoms with Gasteiger partial charge in [0.1, 0.15) is 6.07 Å². The van der Waals surface area contributed by atoms with E-state index in [1.165, 1.54) is 25.7 Å². The number of nitrogens with zero attached hydrogens (tertiary/aromatic N) is 2. The summed E-state index contributed by atoms with van der Waals surface area (Å²) in [7, 11) is 0. The van der Waals surface area contributed by atoms with E-state index in [0.29, 0.717) is 11.7 Å². The average Bonchev–Trinajstić information content (AvgIpc) is 2.92. The highest BCUT2D eigenvalue weighted by molar-refractivity contribution is 5.54. The number of nitrogens with one attached hydrogen (secondary N) is 1. The fourth-order valence-corrected chi connectivity index (χ4v) is 3.23. The van der Waals surface area contributed by atoms with Crippen LogP contribution in [0.2, 0.25) is 0 Å². The first-order valence-corrected chi connectivity index (χ1v) is 5.98. The van der Waals surface area contributed by atoms with Crippen LogP contribution in [0, 0.1) is 23.2 Å². The molecule has 0 aromatic carbocycles. The Morgan fingerprint density at radius 3 is 3.00 bits per heavy atom. The molecule has 3 heteroatoms. The minimum absolute atomic E-state index is 0.519. The van der Waals surface area contributed by atoms with E-state index in [4.69, 9.17) is 5.26 Å². The lowest BCUT2D eigenvalue weighted by Gasteiger charge is -2.24. The molecule has 1 aromatic heterocycles. The molecule has 0 aliphatic heterocycles. The van der Waals surface area contributed by atoms with E-state index in [1.54, 1.807) is 6.20 Å². The van der Waals surface area contributed by atoms with Crippen molar-refractivity contribution in [2.24, 2.45) is 11.8 Å². The second kappa shape index (κ2) is 3.79. The number of nitriles is 1. The molecule has 2 fully saturated rings. The Bertz CT molecular complexity index is 435. The second-order valence-corrected chi connectivity index (χ2v) is 4.94. The zero-order valence-corrected chi connectivity index (χ0v) is 9.19. The smallest absolute Gasteiger partial charge is 0.163 e. The van der Waals surface area contributed by atoms with E-state index in [9.17, 15) is 0 Å². The van der Waals surface area contributed by atoms with Gasteiger partial charge in [0, 0.05) is 12.2 Å². The molecular formula is C13H15N3. The van der Waals surface area contributed by atoms with Crippen molar-refractivity contribution in [3.8, 4) is 6.07 Å². The Kier molecular flexibility index (Phi) is 2.28. The highest BCUT2D eigenvalue weighted by Crippen LogP contribution is 2.45. The molecule has 3 nitrogen and oxygen atoms in total. The summed E-state index contributed by atoms with van der Waals surface area (Å²) in [5.74, 6) is 1.74. The lowest BCUT2D eigenvalue weighted by atomic mass is 9.95. The van der Waals surface area contributed by atoms with Crippen LogP contribution in [0.1, 0.15) is 31.4 Å². The lowest BCUT2D eigenvalue weighted by Crippen LogP contribution is -2.26. The van der Waals surface area contributed by atoms with Gasteiger partial charge in [0.15, 0.2) is 5.69 Å². The van der Waals surface area contributed by atoms with Crippen LogP contribution in [0.25, 0.3) is 0 Å². The third-order valence-electron chi connectivity index (χ3n) is 3.99. The van der Waals surface area contributed by atoms with Gasteiger partial charge in [-0.1, -0.05) is 6.42 Å². The normalized spacial score (nSPS) is 31.3. The Balaban J connectivity index is 1.77. The predicted octanol–water partition coefficient (Wildman–Crippen LogP) is 2.55. The number of anilines is 1. The van der Waals surface area contributed by atoms with Gasteiger partial charge in [-0.3, -0.25) is 0 Å². The van der Waals surface area contributed by atoms with E-state index < -0.39 is 0 Å². The van der Waals surface area contributed by atoms with Crippen LogP contribution in [-0.2, 0) is 0 Å². The number of aromatic nitrogens is 1. The van der Waals surface area contributed by atoms with Gasteiger partial charge in [-0.25, -0.2) is 4.98 Å². The lowest BCUT2D eigenvalue weighted by molar-refractivity contribution is 0.439. The van der Waals surface area contributed by atoms with Gasteiger partial charge in [-0.05, 0) is 43.2 Å². The standard InChI is InChI=1S/C13H15N3/c14-8-13-11(2-1-5-15-13)16-12-7-9-3-4-10(12)6-9/h1-2,5,9-10,12,16H,3-4,6-7H2. The molecule has 3 unspecified atom stereocenters. The minimum Gasteiger partial charge on any atom is -0.380 e.